The first kappa shape index (κ1) is 14.8. The number of carbonyl (C=O) groups excluding carboxylic acids is 1. The number of benzene rings is 1. The first-order valence-electron chi connectivity index (χ1n) is 6.75. The van der Waals surface area contributed by atoms with Gasteiger partial charge in [-0.25, -0.2) is 0 Å². The van der Waals surface area contributed by atoms with Gasteiger partial charge in [-0.2, -0.15) is 0 Å². The first-order valence-corrected chi connectivity index (χ1v) is 7.56. The molecule has 0 saturated heterocycles. The van der Waals surface area contributed by atoms with E-state index in [0.29, 0.717) is 5.69 Å². The summed E-state index contributed by atoms with van der Waals surface area (Å²) in [6.07, 6.45) is 2.08. The zero-order valence-corrected chi connectivity index (χ0v) is 12.6. The van der Waals surface area contributed by atoms with Crippen LogP contribution in [0.1, 0.15) is 39.0 Å². The lowest BCUT2D eigenvalue weighted by atomic mass is 10.1. The van der Waals surface area contributed by atoms with E-state index in [-0.39, 0.29) is 12.5 Å². The van der Waals surface area contributed by atoms with E-state index in [1.54, 1.807) is 12.1 Å². The van der Waals surface area contributed by atoms with Gasteiger partial charge in [0.25, 0.3) is 5.91 Å². The minimum Gasteiger partial charge on any atom is -0.392 e. The van der Waals surface area contributed by atoms with Crippen LogP contribution in [0.4, 0.5) is 5.69 Å². The fourth-order valence-corrected chi connectivity index (χ4v) is 3.08. The molecule has 0 radical (unpaired) electrons. The summed E-state index contributed by atoms with van der Waals surface area (Å²) in [6.45, 7) is 4.10. The number of hydrogen-bond acceptors (Lipinski definition) is 3. The molecule has 0 aliphatic carbocycles. The smallest absolute Gasteiger partial charge is 0.265 e. The molecule has 0 fully saturated rings. The van der Waals surface area contributed by atoms with Gasteiger partial charge in [-0.15, -0.1) is 11.3 Å². The van der Waals surface area contributed by atoms with Gasteiger partial charge in [0.15, 0.2) is 0 Å². The van der Waals surface area contributed by atoms with Crippen molar-refractivity contribution in [2.24, 2.45) is 0 Å². The maximum Gasteiger partial charge on any atom is 0.265 e. The molecule has 0 aliphatic heterocycles. The fourth-order valence-electron chi connectivity index (χ4n) is 2.11. The summed E-state index contributed by atoms with van der Waals surface area (Å²) in [5.41, 5.74) is 2.64. The van der Waals surface area contributed by atoms with Gasteiger partial charge in [0.05, 0.1) is 11.5 Å². The minimum atomic E-state index is -0.110. The van der Waals surface area contributed by atoms with E-state index < -0.39 is 0 Å². The molecule has 106 valence electrons. The second-order valence-corrected chi connectivity index (χ2v) is 5.97. The number of hydrogen-bond donors (Lipinski definition) is 2. The molecular weight excluding hydrogens is 270 g/mol. The lowest BCUT2D eigenvalue weighted by Gasteiger charge is -2.07. The Morgan fingerprint density at radius 3 is 2.75 bits per heavy atom. The summed E-state index contributed by atoms with van der Waals surface area (Å²) < 4.78 is 0. The highest BCUT2D eigenvalue weighted by atomic mass is 32.1. The highest BCUT2D eigenvalue weighted by Crippen LogP contribution is 2.24. The molecule has 0 bridgehead atoms. The number of amides is 1. The Balaban J connectivity index is 2.17. The first-order chi connectivity index (χ1) is 9.65. The summed E-state index contributed by atoms with van der Waals surface area (Å²) >= 11 is 1.52. The van der Waals surface area contributed by atoms with Gasteiger partial charge in [-0.05, 0) is 31.0 Å². The highest BCUT2D eigenvalue weighted by Gasteiger charge is 2.13. The lowest BCUT2D eigenvalue weighted by Crippen LogP contribution is -2.11. The number of aliphatic hydroxyl groups is 1. The number of aliphatic hydroxyl groups excluding tert-OH is 1. The maximum absolute atomic E-state index is 12.3. The number of nitrogens with one attached hydrogen (secondary N) is 1. The molecule has 4 heteroatoms. The third-order valence-corrected chi connectivity index (χ3v) is 4.29. The van der Waals surface area contributed by atoms with Crippen LogP contribution in [0, 0.1) is 6.92 Å². The van der Waals surface area contributed by atoms with Crippen LogP contribution in [0.3, 0.4) is 0 Å². The largest absolute Gasteiger partial charge is 0.392 e. The molecular formula is C16H19NO2S. The number of para-hydroxylation sites is 1. The van der Waals surface area contributed by atoms with Crippen molar-refractivity contribution in [1.82, 2.24) is 0 Å². The van der Waals surface area contributed by atoms with E-state index in [0.717, 1.165) is 23.3 Å². The standard InChI is InChI=1S/C16H19NO2S/c1-3-6-12-9-15(20-11(12)2)16(19)17-14-8-5-4-7-13(14)10-18/h4-5,7-9,18H,3,6,10H2,1-2H3,(H,17,19). The average Bonchev–Trinajstić information content (AvgIpc) is 2.81. The third-order valence-electron chi connectivity index (χ3n) is 3.20. The molecule has 2 N–H and O–H groups in total. The average molecular weight is 289 g/mol. The van der Waals surface area contributed by atoms with Crippen LogP contribution in [0.5, 0.6) is 0 Å². The number of rotatable bonds is 5. The predicted molar refractivity (Wildman–Crippen MR) is 83.4 cm³/mol. The maximum atomic E-state index is 12.3. The monoisotopic (exact) mass is 289 g/mol. The van der Waals surface area contributed by atoms with Gasteiger partial charge in [-0.1, -0.05) is 31.5 Å². The molecule has 1 heterocycles. The fraction of sp³-hybridized carbons (Fsp3) is 0.312. The molecule has 0 unspecified atom stereocenters. The SMILES string of the molecule is CCCc1cc(C(=O)Nc2ccccc2CO)sc1C. The summed E-state index contributed by atoms with van der Waals surface area (Å²) in [4.78, 5) is 14.2. The number of aryl methyl sites for hydroxylation is 2. The number of carbonyl (C=O) groups is 1. The van der Waals surface area contributed by atoms with Crippen LogP contribution in [-0.2, 0) is 13.0 Å². The van der Waals surface area contributed by atoms with Gasteiger partial charge >= 0.3 is 0 Å². The van der Waals surface area contributed by atoms with Crippen molar-refractivity contribution in [1.29, 1.82) is 0 Å². The summed E-state index contributed by atoms with van der Waals surface area (Å²) in [5, 5.41) is 12.1. The van der Waals surface area contributed by atoms with E-state index in [1.165, 1.54) is 21.8 Å². The summed E-state index contributed by atoms with van der Waals surface area (Å²) in [6, 6.07) is 9.27. The molecule has 2 aromatic rings. The molecule has 1 aromatic carbocycles. The molecule has 20 heavy (non-hydrogen) atoms. The second kappa shape index (κ2) is 6.68. The molecule has 3 nitrogen and oxygen atoms in total. The second-order valence-electron chi connectivity index (χ2n) is 4.71. The number of thiophene rings is 1. The topological polar surface area (TPSA) is 49.3 Å². The quantitative estimate of drug-likeness (QED) is 0.880. The third kappa shape index (κ3) is 3.26. The molecule has 0 atom stereocenters. The normalized spacial score (nSPS) is 10.6. The van der Waals surface area contributed by atoms with Crippen molar-refractivity contribution in [2.75, 3.05) is 5.32 Å². The van der Waals surface area contributed by atoms with Crippen molar-refractivity contribution in [2.45, 2.75) is 33.3 Å². The van der Waals surface area contributed by atoms with Gasteiger partial charge in [0.1, 0.15) is 0 Å². The van der Waals surface area contributed by atoms with Crippen LogP contribution in [-0.4, -0.2) is 11.0 Å². The van der Waals surface area contributed by atoms with Crippen LogP contribution < -0.4 is 5.32 Å². The van der Waals surface area contributed by atoms with Crippen molar-refractivity contribution in [3.05, 3.63) is 51.2 Å². The van der Waals surface area contributed by atoms with Gasteiger partial charge in [-0.3, -0.25) is 4.79 Å². The van der Waals surface area contributed by atoms with E-state index in [9.17, 15) is 9.90 Å². The Labute approximate surface area is 123 Å². The van der Waals surface area contributed by atoms with E-state index in [1.807, 2.05) is 25.1 Å². The Hall–Kier alpha value is -1.65. The van der Waals surface area contributed by atoms with Crippen molar-refractivity contribution >= 4 is 22.9 Å². The molecule has 2 rings (SSSR count). The lowest BCUT2D eigenvalue weighted by molar-refractivity contribution is 0.103. The predicted octanol–water partition coefficient (Wildman–Crippen LogP) is 3.75. The minimum absolute atomic E-state index is 0.0823. The van der Waals surface area contributed by atoms with E-state index in [2.05, 4.69) is 12.2 Å². The number of anilines is 1. The summed E-state index contributed by atoms with van der Waals surface area (Å²) in [5.74, 6) is -0.110. The van der Waals surface area contributed by atoms with Crippen LogP contribution in [0.25, 0.3) is 0 Å². The van der Waals surface area contributed by atoms with Crippen LogP contribution in [0.15, 0.2) is 30.3 Å². The zero-order chi connectivity index (χ0) is 14.5. The van der Waals surface area contributed by atoms with Gasteiger partial charge in [0, 0.05) is 16.1 Å². The summed E-state index contributed by atoms with van der Waals surface area (Å²) in [7, 11) is 0. The Morgan fingerprint density at radius 2 is 2.05 bits per heavy atom. The van der Waals surface area contributed by atoms with E-state index >= 15 is 0 Å². The van der Waals surface area contributed by atoms with Crippen LogP contribution in [0.2, 0.25) is 0 Å². The van der Waals surface area contributed by atoms with Crippen LogP contribution >= 0.6 is 11.3 Å². The van der Waals surface area contributed by atoms with E-state index in [4.69, 9.17) is 0 Å². The van der Waals surface area contributed by atoms with Crippen molar-refractivity contribution < 1.29 is 9.90 Å². The Morgan fingerprint density at radius 1 is 1.30 bits per heavy atom. The molecule has 0 aliphatic rings. The van der Waals surface area contributed by atoms with Gasteiger partial charge in [0.2, 0.25) is 0 Å². The van der Waals surface area contributed by atoms with Gasteiger partial charge < -0.3 is 10.4 Å². The highest BCUT2D eigenvalue weighted by molar-refractivity contribution is 7.14. The molecule has 1 amide bonds. The Bertz CT molecular complexity index is 604. The molecule has 0 saturated carbocycles. The van der Waals surface area contributed by atoms with Crippen molar-refractivity contribution in [3.8, 4) is 0 Å². The zero-order valence-electron chi connectivity index (χ0n) is 11.8. The molecule has 0 spiro atoms. The van der Waals surface area contributed by atoms with Crippen molar-refractivity contribution in [3.63, 3.8) is 0 Å². The Kier molecular flexibility index (Phi) is 4.93. The molecule has 1 aromatic heterocycles.